The van der Waals surface area contributed by atoms with Crippen LogP contribution in [0, 0.1) is 5.41 Å². The fraction of sp³-hybridized carbons (Fsp3) is 0.800. The minimum absolute atomic E-state index is 0.439. The van der Waals surface area contributed by atoms with Crippen LogP contribution in [-0.4, -0.2) is 29.2 Å². The minimum Gasteiger partial charge on any atom is -0.360 e. The third-order valence-corrected chi connectivity index (χ3v) is 4.12. The van der Waals surface area contributed by atoms with E-state index in [9.17, 15) is 0 Å². The molecule has 4 nitrogen and oxygen atoms in total. The van der Waals surface area contributed by atoms with Crippen molar-refractivity contribution in [1.82, 2.24) is 15.4 Å². The molecule has 0 amide bonds. The summed E-state index contributed by atoms with van der Waals surface area (Å²) in [6.45, 7) is 8.79. The average Bonchev–Trinajstić information content (AvgIpc) is 3.06. The molecule has 1 N–H and O–H groups in total. The summed E-state index contributed by atoms with van der Waals surface area (Å²) in [7, 11) is 0. The summed E-state index contributed by atoms with van der Waals surface area (Å²) in [5, 5.41) is 7.62. The Kier molecular flexibility index (Phi) is 3.63. The molecule has 0 radical (unpaired) electrons. The van der Waals surface area contributed by atoms with E-state index in [4.69, 9.17) is 4.52 Å². The summed E-state index contributed by atoms with van der Waals surface area (Å²) in [5.41, 5.74) is 1.48. The van der Waals surface area contributed by atoms with Crippen molar-refractivity contribution in [2.24, 2.45) is 5.41 Å². The Bertz CT molecular complexity index is 423. The van der Waals surface area contributed by atoms with E-state index in [0.29, 0.717) is 5.41 Å². The second kappa shape index (κ2) is 5.25. The monoisotopic (exact) mass is 263 g/mol. The molecule has 1 aliphatic heterocycles. The highest BCUT2D eigenvalue weighted by Gasteiger charge is 2.27. The maximum absolute atomic E-state index is 5.46. The first kappa shape index (κ1) is 13.1. The lowest BCUT2D eigenvalue weighted by atomic mass is 9.84. The summed E-state index contributed by atoms with van der Waals surface area (Å²) < 4.78 is 5.46. The van der Waals surface area contributed by atoms with Gasteiger partial charge in [-0.15, -0.1) is 0 Å². The van der Waals surface area contributed by atoms with Crippen LogP contribution in [0.2, 0.25) is 0 Å². The number of aromatic nitrogens is 1. The van der Waals surface area contributed by atoms with Crippen LogP contribution in [0.1, 0.15) is 51.0 Å². The van der Waals surface area contributed by atoms with Crippen LogP contribution < -0.4 is 5.32 Å². The maximum atomic E-state index is 5.46. The summed E-state index contributed by atoms with van der Waals surface area (Å²) in [5.74, 6) is 1.00. The van der Waals surface area contributed by atoms with Gasteiger partial charge in [-0.25, -0.2) is 0 Å². The highest BCUT2D eigenvalue weighted by atomic mass is 16.5. The highest BCUT2D eigenvalue weighted by Crippen LogP contribution is 2.29. The van der Waals surface area contributed by atoms with Gasteiger partial charge in [0.15, 0.2) is 5.76 Å². The van der Waals surface area contributed by atoms with Crippen molar-refractivity contribution in [3.05, 3.63) is 17.5 Å². The van der Waals surface area contributed by atoms with Gasteiger partial charge in [0.05, 0.1) is 12.2 Å². The largest absolute Gasteiger partial charge is 0.360 e. The molecule has 1 aromatic rings. The molecule has 0 spiro atoms. The lowest BCUT2D eigenvalue weighted by Crippen LogP contribution is -2.39. The molecule has 0 bridgehead atoms. The topological polar surface area (TPSA) is 41.3 Å². The summed E-state index contributed by atoms with van der Waals surface area (Å²) >= 11 is 0. The second-order valence-corrected chi connectivity index (χ2v) is 6.92. The number of piperidine rings is 1. The van der Waals surface area contributed by atoms with Gasteiger partial charge in [-0.05, 0) is 37.6 Å². The van der Waals surface area contributed by atoms with Crippen LogP contribution in [0.5, 0.6) is 0 Å². The van der Waals surface area contributed by atoms with E-state index in [0.717, 1.165) is 37.1 Å². The van der Waals surface area contributed by atoms with Crippen LogP contribution >= 0.6 is 0 Å². The van der Waals surface area contributed by atoms with E-state index < -0.39 is 0 Å². The molecule has 1 aromatic heterocycles. The Balaban J connectivity index is 1.51. The molecule has 2 fully saturated rings. The Morgan fingerprint density at radius 1 is 1.47 bits per heavy atom. The highest BCUT2D eigenvalue weighted by molar-refractivity contribution is 5.06. The molecule has 3 rings (SSSR count). The number of hydrogen-bond donors (Lipinski definition) is 1. The summed E-state index contributed by atoms with van der Waals surface area (Å²) in [6, 6.07) is 2.83. The normalized spacial score (nSPS) is 23.7. The van der Waals surface area contributed by atoms with Crippen molar-refractivity contribution in [3.63, 3.8) is 0 Å². The summed E-state index contributed by atoms with van der Waals surface area (Å²) in [4.78, 5) is 2.49. The van der Waals surface area contributed by atoms with Gasteiger partial charge < -0.3 is 9.84 Å². The second-order valence-electron chi connectivity index (χ2n) is 6.92. The molecule has 1 saturated heterocycles. The first-order valence-corrected chi connectivity index (χ1v) is 7.51. The predicted molar refractivity (Wildman–Crippen MR) is 74.7 cm³/mol. The molecule has 2 heterocycles. The number of rotatable bonds is 5. The molecule has 19 heavy (non-hydrogen) atoms. The van der Waals surface area contributed by atoms with Crippen LogP contribution in [-0.2, 0) is 13.1 Å². The zero-order chi connectivity index (χ0) is 13.3. The third-order valence-electron chi connectivity index (χ3n) is 4.12. The summed E-state index contributed by atoms with van der Waals surface area (Å²) in [6.07, 6.45) is 5.24. The first-order valence-electron chi connectivity index (χ1n) is 7.51. The van der Waals surface area contributed by atoms with Crippen molar-refractivity contribution in [2.45, 2.75) is 58.7 Å². The minimum atomic E-state index is 0.439. The van der Waals surface area contributed by atoms with Crippen LogP contribution in [0.4, 0.5) is 0 Å². The molecule has 1 aliphatic carbocycles. The molecule has 2 aliphatic rings. The van der Waals surface area contributed by atoms with Crippen molar-refractivity contribution in [3.8, 4) is 0 Å². The van der Waals surface area contributed by atoms with E-state index in [1.165, 1.54) is 32.2 Å². The van der Waals surface area contributed by atoms with E-state index in [2.05, 4.69) is 35.3 Å². The van der Waals surface area contributed by atoms with Crippen molar-refractivity contribution in [2.75, 3.05) is 13.1 Å². The molecule has 4 heteroatoms. The van der Waals surface area contributed by atoms with Gasteiger partial charge in [0, 0.05) is 25.2 Å². The lowest BCUT2D eigenvalue weighted by molar-refractivity contribution is 0.102. The van der Waals surface area contributed by atoms with Crippen molar-refractivity contribution in [1.29, 1.82) is 0 Å². The van der Waals surface area contributed by atoms with E-state index in [1.54, 1.807) is 0 Å². The van der Waals surface area contributed by atoms with Crippen LogP contribution in [0.3, 0.4) is 0 Å². The number of hydrogen-bond acceptors (Lipinski definition) is 4. The fourth-order valence-electron chi connectivity index (χ4n) is 2.95. The Morgan fingerprint density at radius 2 is 2.32 bits per heavy atom. The fourth-order valence-corrected chi connectivity index (χ4v) is 2.95. The van der Waals surface area contributed by atoms with Crippen molar-refractivity contribution >= 4 is 0 Å². The SMILES string of the molecule is CC1(C)CCCN(Cc2cc(CNC3CC3)no2)C1. The number of nitrogens with one attached hydrogen (secondary N) is 1. The number of nitrogens with zero attached hydrogens (tertiary/aromatic N) is 2. The van der Waals surface area contributed by atoms with Crippen LogP contribution in [0.15, 0.2) is 10.6 Å². The van der Waals surface area contributed by atoms with E-state index >= 15 is 0 Å². The molecule has 0 aromatic carbocycles. The predicted octanol–water partition coefficient (Wildman–Crippen LogP) is 2.55. The van der Waals surface area contributed by atoms with E-state index in [1.807, 2.05) is 0 Å². The molecule has 106 valence electrons. The van der Waals surface area contributed by atoms with Gasteiger partial charge in [-0.3, -0.25) is 4.90 Å². The van der Waals surface area contributed by atoms with Crippen LogP contribution in [0.25, 0.3) is 0 Å². The van der Waals surface area contributed by atoms with Gasteiger partial charge in [0.25, 0.3) is 0 Å². The third kappa shape index (κ3) is 3.80. The average molecular weight is 263 g/mol. The standard InChI is InChI=1S/C15H25N3O/c1-15(2)6-3-7-18(11-15)10-14-8-13(17-19-14)9-16-12-4-5-12/h8,12,16H,3-7,9-11H2,1-2H3. The van der Waals surface area contributed by atoms with Gasteiger partial charge >= 0.3 is 0 Å². The molecule has 0 atom stereocenters. The molecular formula is C15H25N3O. The molecular weight excluding hydrogens is 238 g/mol. The van der Waals surface area contributed by atoms with Crippen molar-refractivity contribution < 1.29 is 4.52 Å². The molecule has 0 unspecified atom stereocenters. The Labute approximate surface area is 115 Å². The Morgan fingerprint density at radius 3 is 3.05 bits per heavy atom. The quantitative estimate of drug-likeness (QED) is 0.886. The van der Waals surface area contributed by atoms with E-state index in [-0.39, 0.29) is 0 Å². The van der Waals surface area contributed by atoms with Gasteiger partial charge in [-0.2, -0.15) is 0 Å². The number of likely N-dealkylation sites (tertiary alicyclic amines) is 1. The first-order chi connectivity index (χ1) is 9.11. The lowest BCUT2D eigenvalue weighted by Gasteiger charge is -2.37. The Hall–Kier alpha value is -0.870. The van der Waals surface area contributed by atoms with Gasteiger partial charge in [0.1, 0.15) is 0 Å². The van der Waals surface area contributed by atoms with Gasteiger partial charge in [-0.1, -0.05) is 19.0 Å². The zero-order valence-corrected chi connectivity index (χ0v) is 12.1. The molecule has 1 saturated carbocycles. The van der Waals surface area contributed by atoms with Gasteiger partial charge in [0.2, 0.25) is 0 Å². The smallest absolute Gasteiger partial charge is 0.151 e. The maximum Gasteiger partial charge on any atom is 0.151 e. The zero-order valence-electron chi connectivity index (χ0n) is 12.1.